The van der Waals surface area contributed by atoms with E-state index in [0.717, 1.165) is 15.7 Å². The molecule has 0 radical (unpaired) electrons. The van der Waals surface area contributed by atoms with Crippen molar-refractivity contribution in [2.24, 2.45) is 7.05 Å². The maximum absolute atomic E-state index is 11.7. The molecule has 1 aromatic heterocycles. The fraction of sp³-hybridized carbons (Fsp3) is 0.333. The fourth-order valence-electron chi connectivity index (χ4n) is 1.67. The normalized spacial score (nSPS) is 10.6. The van der Waals surface area contributed by atoms with E-state index < -0.39 is 0 Å². The highest BCUT2D eigenvalue weighted by Crippen LogP contribution is 2.26. The number of aromatic nitrogens is 2. The zero-order valence-electron chi connectivity index (χ0n) is 12.6. The van der Waals surface area contributed by atoms with Gasteiger partial charge in [0, 0.05) is 37.1 Å². The predicted octanol–water partition coefficient (Wildman–Crippen LogP) is 2.17. The molecule has 0 atom stereocenters. The summed E-state index contributed by atoms with van der Waals surface area (Å²) >= 11 is 1.57. The van der Waals surface area contributed by atoms with E-state index in [4.69, 9.17) is 9.47 Å². The van der Waals surface area contributed by atoms with Crippen LogP contribution in [0, 0.1) is 0 Å². The molecular weight excluding hydrogens is 302 g/mol. The van der Waals surface area contributed by atoms with Gasteiger partial charge in [0.1, 0.15) is 6.61 Å². The Kier molecular flexibility index (Phi) is 6.45. The van der Waals surface area contributed by atoms with Crippen molar-refractivity contribution in [3.8, 4) is 0 Å². The van der Waals surface area contributed by atoms with Crippen LogP contribution in [0.2, 0.25) is 0 Å². The topological polar surface area (TPSA) is 65.4 Å². The van der Waals surface area contributed by atoms with Crippen molar-refractivity contribution >= 4 is 23.4 Å². The van der Waals surface area contributed by atoms with Gasteiger partial charge in [-0.05, 0) is 24.3 Å². The largest absolute Gasteiger partial charge is 0.382 e. The molecule has 0 fully saturated rings. The Hall–Kier alpha value is -1.83. The first kappa shape index (κ1) is 16.5. The summed E-state index contributed by atoms with van der Waals surface area (Å²) < 4.78 is 12.0. The molecular formula is C15H19N3O3S. The summed E-state index contributed by atoms with van der Waals surface area (Å²) in [4.78, 5) is 17.0. The van der Waals surface area contributed by atoms with E-state index in [1.165, 1.54) is 0 Å². The smallest absolute Gasteiger partial charge is 0.250 e. The molecule has 0 aliphatic rings. The van der Waals surface area contributed by atoms with Gasteiger partial charge in [-0.25, -0.2) is 4.98 Å². The average Bonchev–Trinajstić information content (AvgIpc) is 2.91. The van der Waals surface area contributed by atoms with E-state index >= 15 is 0 Å². The molecule has 1 N–H and O–H groups in total. The van der Waals surface area contributed by atoms with Gasteiger partial charge >= 0.3 is 0 Å². The number of anilines is 1. The van der Waals surface area contributed by atoms with E-state index in [0.29, 0.717) is 13.2 Å². The Bertz CT molecular complexity index is 598. The third-order valence-corrected chi connectivity index (χ3v) is 3.87. The van der Waals surface area contributed by atoms with Gasteiger partial charge in [-0.15, -0.1) is 0 Å². The zero-order valence-corrected chi connectivity index (χ0v) is 13.4. The van der Waals surface area contributed by atoms with Gasteiger partial charge in [0.2, 0.25) is 5.91 Å². The molecule has 22 heavy (non-hydrogen) atoms. The molecule has 0 saturated heterocycles. The molecule has 0 bridgehead atoms. The predicted molar refractivity (Wildman–Crippen MR) is 85.1 cm³/mol. The standard InChI is InChI=1S/C15H19N3O3S/c1-18-8-7-16-15(18)22-13-5-3-12(4-6-13)17-14(19)11-21-10-9-20-2/h3-8H,9-11H2,1-2H3,(H,17,19). The van der Waals surface area contributed by atoms with Gasteiger partial charge in [0.25, 0.3) is 0 Å². The summed E-state index contributed by atoms with van der Waals surface area (Å²) in [5.41, 5.74) is 0.740. The third-order valence-electron chi connectivity index (χ3n) is 2.79. The lowest BCUT2D eigenvalue weighted by atomic mass is 10.3. The maximum atomic E-state index is 11.7. The van der Waals surface area contributed by atoms with E-state index in [-0.39, 0.29) is 12.5 Å². The van der Waals surface area contributed by atoms with Crippen LogP contribution in [-0.2, 0) is 21.3 Å². The molecule has 0 aliphatic carbocycles. The first-order chi connectivity index (χ1) is 10.7. The molecule has 1 amide bonds. The van der Waals surface area contributed by atoms with Crippen molar-refractivity contribution in [1.82, 2.24) is 9.55 Å². The number of hydrogen-bond acceptors (Lipinski definition) is 5. The molecule has 0 saturated carbocycles. The number of ether oxygens (including phenoxy) is 2. The molecule has 2 aromatic rings. The van der Waals surface area contributed by atoms with Gasteiger partial charge in [0.05, 0.1) is 13.2 Å². The monoisotopic (exact) mass is 321 g/mol. The van der Waals surface area contributed by atoms with Crippen LogP contribution < -0.4 is 5.32 Å². The van der Waals surface area contributed by atoms with Crippen molar-refractivity contribution in [2.75, 3.05) is 32.2 Å². The maximum Gasteiger partial charge on any atom is 0.250 e. The first-order valence-corrected chi connectivity index (χ1v) is 7.62. The second-order valence-electron chi connectivity index (χ2n) is 4.54. The minimum atomic E-state index is -0.180. The van der Waals surface area contributed by atoms with Gasteiger partial charge in [-0.2, -0.15) is 0 Å². The van der Waals surface area contributed by atoms with Crippen molar-refractivity contribution in [3.05, 3.63) is 36.7 Å². The molecule has 0 aliphatic heterocycles. The number of aryl methyl sites for hydroxylation is 1. The van der Waals surface area contributed by atoms with Crippen LogP contribution in [0.4, 0.5) is 5.69 Å². The number of carbonyl (C=O) groups is 1. The van der Waals surface area contributed by atoms with Crippen LogP contribution in [0.5, 0.6) is 0 Å². The summed E-state index contributed by atoms with van der Waals surface area (Å²) in [7, 11) is 3.54. The Morgan fingerprint density at radius 3 is 2.73 bits per heavy atom. The molecule has 2 rings (SSSR count). The number of carbonyl (C=O) groups excluding carboxylic acids is 1. The van der Waals surface area contributed by atoms with E-state index in [1.54, 1.807) is 25.1 Å². The molecule has 0 unspecified atom stereocenters. The molecule has 6 nitrogen and oxygen atoms in total. The van der Waals surface area contributed by atoms with Crippen molar-refractivity contribution in [3.63, 3.8) is 0 Å². The van der Waals surface area contributed by atoms with Gasteiger partial charge < -0.3 is 19.4 Å². The van der Waals surface area contributed by atoms with E-state index in [9.17, 15) is 4.79 Å². The summed E-state index contributed by atoms with van der Waals surface area (Å²) in [5.74, 6) is -0.180. The minimum absolute atomic E-state index is 0.0210. The first-order valence-electron chi connectivity index (χ1n) is 6.81. The second kappa shape index (κ2) is 8.57. The third kappa shape index (κ3) is 5.18. The highest BCUT2D eigenvalue weighted by molar-refractivity contribution is 7.99. The van der Waals surface area contributed by atoms with Gasteiger partial charge in [0.15, 0.2) is 5.16 Å². The number of methoxy groups -OCH3 is 1. The number of nitrogens with one attached hydrogen (secondary N) is 1. The van der Waals surface area contributed by atoms with E-state index in [2.05, 4.69) is 10.3 Å². The summed E-state index contributed by atoms with van der Waals surface area (Å²) in [5, 5.41) is 3.70. The lowest BCUT2D eigenvalue weighted by Gasteiger charge is -2.07. The van der Waals surface area contributed by atoms with Gasteiger partial charge in [-0.1, -0.05) is 11.8 Å². The number of imidazole rings is 1. The Balaban J connectivity index is 1.81. The van der Waals surface area contributed by atoms with Gasteiger partial charge in [-0.3, -0.25) is 4.79 Å². The van der Waals surface area contributed by atoms with Crippen LogP contribution in [-0.4, -0.2) is 42.4 Å². The number of benzene rings is 1. The van der Waals surface area contributed by atoms with Crippen LogP contribution >= 0.6 is 11.8 Å². The Labute approximate surface area is 133 Å². The lowest BCUT2D eigenvalue weighted by molar-refractivity contribution is -0.121. The molecule has 7 heteroatoms. The van der Waals surface area contributed by atoms with Crippen LogP contribution in [0.15, 0.2) is 46.7 Å². The van der Waals surface area contributed by atoms with Crippen LogP contribution in [0.1, 0.15) is 0 Å². The van der Waals surface area contributed by atoms with Crippen LogP contribution in [0.3, 0.4) is 0 Å². The number of nitrogens with zero attached hydrogens (tertiary/aromatic N) is 2. The van der Waals surface area contributed by atoms with Crippen molar-refractivity contribution in [2.45, 2.75) is 10.1 Å². The zero-order chi connectivity index (χ0) is 15.8. The van der Waals surface area contributed by atoms with Crippen molar-refractivity contribution < 1.29 is 14.3 Å². The average molecular weight is 321 g/mol. The number of rotatable bonds is 8. The second-order valence-corrected chi connectivity index (χ2v) is 5.58. The molecule has 1 aromatic carbocycles. The quantitative estimate of drug-likeness (QED) is 0.755. The number of amides is 1. The molecule has 0 spiro atoms. The summed E-state index contributed by atoms with van der Waals surface area (Å²) in [6, 6.07) is 7.61. The minimum Gasteiger partial charge on any atom is -0.382 e. The highest BCUT2D eigenvalue weighted by atomic mass is 32.2. The van der Waals surface area contributed by atoms with Crippen molar-refractivity contribution in [1.29, 1.82) is 0 Å². The molecule has 1 heterocycles. The molecule has 118 valence electrons. The Morgan fingerprint density at radius 1 is 1.32 bits per heavy atom. The summed E-state index contributed by atoms with van der Waals surface area (Å²) in [6.07, 6.45) is 3.67. The number of hydrogen-bond donors (Lipinski definition) is 1. The SMILES string of the molecule is COCCOCC(=O)Nc1ccc(Sc2nccn2C)cc1. The summed E-state index contributed by atoms with van der Waals surface area (Å²) in [6.45, 7) is 0.905. The van der Waals surface area contributed by atoms with Crippen LogP contribution in [0.25, 0.3) is 0 Å². The lowest BCUT2D eigenvalue weighted by Crippen LogP contribution is -2.19. The van der Waals surface area contributed by atoms with E-state index in [1.807, 2.05) is 42.1 Å². The Morgan fingerprint density at radius 2 is 2.09 bits per heavy atom. The fourth-order valence-corrected chi connectivity index (χ4v) is 2.47. The highest BCUT2D eigenvalue weighted by Gasteiger charge is 2.05.